The Morgan fingerprint density at radius 3 is 2.80 bits per heavy atom. The molecule has 0 fully saturated rings. The lowest BCUT2D eigenvalue weighted by atomic mass is 10.2. The van der Waals surface area contributed by atoms with E-state index in [2.05, 4.69) is 33.8 Å². The quantitative estimate of drug-likeness (QED) is 0.777. The number of hydrogen-bond donors (Lipinski definition) is 2. The van der Waals surface area contributed by atoms with E-state index in [1.165, 1.54) is 0 Å². The van der Waals surface area contributed by atoms with E-state index in [4.69, 9.17) is 0 Å². The zero-order valence-corrected chi connectivity index (χ0v) is 10.3. The second-order valence-electron chi connectivity index (χ2n) is 3.37. The van der Waals surface area contributed by atoms with Gasteiger partial charge in [-0.3, -0.25) is 0 Å². The predicted molar refractivity (Wildman–Crippen MR) is 67.7 cm³/mol. The van der Waals surface area contributed by atoms with Crippen LogP contribution in [0, 0.1) is 0 Å². The Morgan fingerprint density at radius 1 is 1.40 bits per heavy atom. The van der Waals surface area contributed by atoms with Crippen LogP contribution < -0.4 is 10.6 Å². The van der Waals surface area contributed by atoms with Crippen LogP contribution in [0.4, 0.5) is 11.6 Å². The van der Waals surface area contributed by atoms with Crippen molar-refractivity contribution in [1.29, 1.82) is 0 Å². The standard InChI is InChI=1S/C10H18N4S/c1-8(4-5-15-3)14-10-6-9(11-2)12-7-13-10/h6-8H,4-5H2,1-3H3,(H2,11,12,13,14). The summed E-state index contributed by atoms with van der Waals surface area (Å²) >= 11 is 1.86. The lowest BCUT2D eigenvalue weighted by Gasteiger charge is -2.13. The third-order valence-corrected chi connectivity index (χ3v) is 2.72. The molecule has 4 nitrogen and oxygen atoms in total. The van der Waals surface area contributed by atoms with E-state index in [1.807, 2.05) is 24.9 Å². The first-order valence-electron chi connectivity index (χ1n) is 5.01. The molecule has 1 rings (SSSR count). The molecular weight excluding hydrogens is 208 g/mol. The Kier molecular flexibility index (Phi) is 5.25. The van der Waals surface area contributed by atoms with Crippen LogP contribution >= 0.6 is 11.8 Å². The molecule has 0 amide bonds. The van der Waals surface area contributed by atoms with Gasteiger partial charge in [-0.15, -0.1) is 0 Å². The number of aromatic nitrogens is 2. The van der Waals surface area contributed by atoms with Crippen molar-refractivity contribution < 1.29 is 0 Å². The van der Waals surface area contributed by atoms with E-state index >= 15 is 0 Å². The van der Waals surface area contributed by atoms with Gasteiger partial charge in [0.25, 0.3) is 0 Å². The molecule has 1 aromatic heterocycles. The summed E-state index contributed by atoms with van der Waals surface area (Å²) in [4.78, 5) is 8.23. The van der Waals surface area contributed by atoms with E-state index in [1.54, 1.807) is 6.33 Å². The maximum atomic E-state index is 4.17. The number of thioether (sulfide) groups is 1. The van der Waals surface area contributed by atoms with E-state index in [0.29, 0.717) is 6.04 Å². The van der Waals surface area contributed by atoms with Crippen LogP contribution in [0.3, 0.4) is 0 Å². The van der Waals surface area contributed by atoms with Crippen LogP contribution in [0.1, 0.15) is 13.3 Å². The zero-order valence-electron chi connectivity index (χ0n) is 9.45. The van der Waals surface area contributed by atoms with Gasteiger partial charge >= 0.3 is 0 Å². The van der Waals surface area contributed by atoms with Crippen molar-refractivity contribution in [3.05, 3.63) is 12.4 Å². The summed E-state index contributed by atoms with van der Waals surface area (Å²) in [6.07, 6.45) is 4.83. The largest absolute Gasteiger partial charge is 0.373 e. The average Bonchev–Trinajstić information content (AvgIpc) is 2.26. The molecule has 0 saturated carbocycles. The van der Waals surface area contributed by atoms with Crippen molar-refractivity contribution in [1.82, 2.24) is 9.97 Å². The normalized spacial score (nSPS) is 12.2. The molecule has 1 heterocycles. The molecule has 0 aliphatic carbocycles. The van der Waals surface area contributed by atoms with Crippen LogP contribution in [-0.4, -0.2) is 35.1 Å². The molecule has 0 bridgehead atoms. The number of rotatable bonds is 6. The van der Waals surface area contributed by atoms with E-state index in [-0.39, 0.29) is 0 Å². The lowest BCUT2D eigenvalue weighted by Crippen LogP contribution is -2.17. The van der Waals surface area contributed by atoms with Crippen LogP contribution in [0.5, 0.6) is 0 Å². The van der Waals surface area contributed by atoms with Gasteiger partial charge in [-0.25, -0.2) is 9.97 Å². The van der Waals surface area contributed by atoms with Gasteiger partial charge < -0.3 is 10.6 Å². The second-order valence-corrected chi connectivity index (χ2v) is 4.35. The summed E-state index contributed by atoms with van der Waals surface area (Å²) in [5, 5.41) is 6.34. The molecular formula is C10H18N4S. The second kappa shape index (κ2) is 6.50. The van der Waals surface area contributed by atoms with E-state index in [0.717, 1.165) is 23.8 Å². The Hall–Kier alpha value is -0.970. The fourth-order valence-corrected chi connectivity index (χ4v) is 1.78. The summed E-state index contributed by atoms with van der Waals surface area (Å²) in [5.41, 5.74) is 0. The number of nitrogens with one attached hydrogen (secondary N) is 2. The summed E-state index contributed by atoms with van der Waals surface area (Å²) < 4.78 is 0. The van der Waals surface area contributed by atoms with Gasteiger partial charge in [0.05, 0.1) is 0 Å². The summed E-state index contributed by atoms with van der Waals surface area (Å²) in [6.45, 7) is 2.16. The monoisotopic (exact) mass is 226 g/mol. The number of nitrogens with zero attached hydrogens (tertiary/aromatic N) is 2. The first-order chi connectivity index (χ1) is 7.26. The van der Waals surface area contributed by atoms with Crippen molar-refractivity contribution in [3.63, 3.8) is 0 Å². The van der Waals surface area contributed by atoms with Crippen molar-refractivity contribution in [2.75, 3.05) is 29.7 Å². The summed E-state index contributed by atoms with van der Waals surface area (Å²) in [5.74, 6) is 2.88. The maximum Gasteiger partial charge on any atom is 0.131 e. The molecule has 1 atom stereocenters. The highest BCUT2D eigenvalue weighted by Crippen LogP contribution is 2.10. The van der Waals surface area contributed by atoms with Crippen LogP contribution in [0.2, 0.25) is 0 Å². The molecule has 0 aliphatic heterocycles. The van der Waals surface area contributed by atoms with Crippen molar-refractivity contribution in [2.45, 2.75) is 19.4 Å². The molecule has 1 aromatic rings. The SMILES string of the molecule is CNc1cc(NC(C)CCSC)ncn1. The molecule has 15 heavy (non-hydrogen) atoms. The number of anilines is 2. The fourth-order valence-electron chi connectivity index (χ4n) is 1.19. The van der Waals surface area contributed by atoms with Crippen LogP contribution in [0.25, 0.3) is 0 Å². The van der Waals surface area contributed by atoms with Gasteiger partial charge in [0.1, 0.15) is 18.0 Å². The Bertz CT molecular complexity index is 293. The smallest absolute Gasteiger partial charge is 0.131 e. The highest BCUT2D eigenvalue weighted by Gasteiger charge is 2.03. The molecule has 0 saturated heterocycles. The third-order valence-electron chi connectivity index (χ3n) is 2.07. The van der Waals surface area contributed by atoms with Crippen molar-refractivity contribution >= 4 is 23.4 Å². The van der Waals surface area contributed by atoms with Gasteiger partial charge in [0.15, 0.2) is 0 Å². The first-order valence-corrected chi connectivity index (χ1v) is 6.41. The fraction of sp³-hybridized carbons (Fsp3) is 0.600. The minimum atomic E-state index is 0.442. The Balaban J connectivity index is 2.48. The van der Waals surface area contributed by atoms with Gasteiger partial charge in [0, 0.05) is 19.2 Å². The highest BCUT2D eigenvalue weighted by atomic mass is 32.2. The Labute approximate surface area is 95.3 Å². The molecule has 0 radical (unpaired) electrons. The lowest BCUT2D eigenvalue weighted by molar-refractivity contribution is 0.766. The molecule has 84 valence electrons. The average molecular weight is 226 g/mol. The van der Waals surface area contributed by atoms with E-state index in [9.17, 15) is 0 Å². The maximum absolute atomic E-state index is 4.17. The summed E-state index contributed by atoms with van der Waals surface area (Å²) in [6, 6.07) is 2.35. The van der Waals surface area contributed by atoms with Gasteiger partial charge in [-0.1, -0.05) is 0 Å². The van der Waals surface area contributed by atoms with Crippen molar-refractivity contribution in [3.8, 4) is 0 Å². The van der Waals surface area contributed by atoms with Gasteiger partial charge in [-0.05, 0) is 25.4 Å². The van der Waals surface area contributed by atoms with Gasteiger partial charge in [-0.2, -0.15) is 11.8 Å². The minimum absolute atomic E-state index is 0.442. The first kappa shape index (κ1) is 12.1. The van der Waals surface area contributed by atoms with Gasteiger partial charge in [0.2, 0.25) is 0 Å². The topological polar surface area (TPSA) is 49.8 Å². The highest BCUT2D eigenvalue weighted by molar-refractivity contribution is 7.98. The van der Waals surface area contributed by atoms with E-state index < -0.39 is 0 Å². The summed E-state index contributed by atoms with van der Waals surface area (Å²) in [7, 11) is 1.85. The molecule has 1 unspecified atom stereocenters. The predicted octanol–water partition coefficient (Wildman–Crippen LogP) is 2.07. The number of hydrogen-bond acceptors (Lipinski definition) is 5. The third kappa shape index (κ3) is 4.38. The van der Waals surface area contributed by atoms with Crippen molar-refractivity contribution in [2.24, 2.45) is 0 Å². The van der Waals surface area contributed by atoms with Crippen LogP contribution in [0.15, 0.2) is 12.4 Å². The Morgan fingerprint density at radius 2 is 2.13 bits per heavy atom. The molecule has 0 aliphatic rings. The molecule has 0 aromatic carbocycles. The zero-order chi connectivity index (χ0) is 11.1. The minimum Gasteiger partial charge on any atom is -0.373 e. The van der Waals surface area contributed by atoms with Crippen LogP contribution in [-0.2, 0) is 0 Å². The molecule has 0 spiro atoms. The molecule has 2 N–H and O–H groups in total. The molecule has 5 heteroatoms.